The predicted molar refractivity (Wildman–Crippen MR) is 137 cm³/mol. The molecule has 0 amide bonds. The lowest BCUT2D eigenvalue weighted by Crippen LogP contribution is -2.03. The number of carboxylic acids is 1. The lowest BCUT2D eigenvalue weighted by atomic mass is 9.94. The first-order valence-electron chi connectivity index (χ1n) is 11.8. The van der Waals surface area contributed by atoms with Crippen LogP contribution in [0.4, 0.5) is 10.1 Å². The summed E-state index contributed by atoms with van der Waals surface area (Å²) in [5.41, 5.74) is 7.31. The van der Waals surface area contributed by atoms with Gasteiger partial charge in [0.2, 0.25) is 0 Å². The Morgan fingerprint density at radius 2 is 1.83 bits per heavy atom. The van der Waals surface area contributed by atoms with E-state index in [-0.39, 0.29) is 12.8 Å². The molecule has 0 saturated carbocycles. The summed E-state index contributed by atoms with van der Waals surface area (Å²) in [6.45, 7) is 6.85. The number of hydrogen-bond donors (Lipinski definition) is 2. The Kier molecular flexibility index (Phi) is 7.68. The van der Waals surface area contributed by atoms with Crippen LogP contribution in [0.25, 0.3) is 11.1 Å². The van der Waals surface area contributed by atoms with E-state index in [2.05, 4.69) is 36.5 Å². The van der Waals surface area contributed by atoms with Crippen molar-refractivity contribution in [3.8, 4) is 16.9 Å². The molecule has 6 nitrogen and oxygen atoms in total. The van der Waals surface area contributed by atoms with E-state index in [0.717, 1.165) is 45.0 Å². The van der Waals surface area contributed by atoms with Crippen LogP contribution in [0.2, 0.25) is 0 Å². The average Bonchev–Trinajstić information content (AvgIpc) is 3.25. The standard InChI is InChI=1S/C29H29FN2O4/c1-18-11-26(35-17-25-13-20(3)36-32-25)12-19(2)29(18)23-6-4-5-21(14-23)16-31-24-9-7-22(27(30)15-24)8-10-28(33)34/h4-7,9,11-15,31H,8,10,16-17H2,1-3H3,(H,33,34). The van der Waals surface area contributed by atoms with Crippen LogP contribution >= 0.6 is 0 Å². The number of ether oxygens (including phenoxy) is 1. The number of benzene rings is 3. The third-order valence-corrected chi connectivity index (χ3v) is 5.94. The lowest BCUT2D eigenvalue weighted by molar-refractivity contribution is -0.136. The molecule has 0 aliphatic carbocycles. The van der Waals surface area contributed by atoms with Crippen LogP contribution in [0.3, 0.4) is 0 Å². The van der Waals surface area contributed by atoms with Crippen LogP contribution in [0.15, 0.2) is 65.2 Å². The van der Waals surface area contributed by atoms with Crippen LogP contribution in [0, 0.1) is 26.6 Å². The number of aromatic nitrogens is 1. The summed E-state index contributed by atoms with van der Waals surface area (Å²) in [7, 11) is 0. The maximum Gasteiger partial charge on any atom is 0.303 e. The van der Waals surface area contributed by atoms with Crippen LogP contribution in [0.5, 0.6) is 5.75 Å². The van der Waals surface area contributed by atoms with Crippen molar-refractivity contribution in [3.63, 3.8) is 0 Å². The highest BCUT2D eigenvalue weighted by atomic mass is 19.1. The summed E-state index contributed by atoms with van der Waals surface area (Å²) in [5.74, 6) is 0.192. The van der Waals surface area contributed by atoms with E-state index in [1.807, 2.05) is 37.3 Å². The molecule has 0 radical (unpaired) electrons. The number of carboxylic acid groups (broad SMARTS) is 1. The summed E-state index contributed by atoms with van der Waals surface area (Å²) in [5, 5.41) is 16.0. The highest BCUT2D eigenvalue weighted by molar-refractivity contribution is 5.72. The molecule has 3 aromatic carbocycles. The van der Waals surface area contributed by atoms with Gasteiger partial charge in [0, 0.05) is 24.7 Å². The van der Waals surface area contributed by atoms with E-state index in [9.17, 15) is 9.18 Å². The Balaban J connectivity index is 1.44. The normalized spacial score (nSPS) is 10.9. The molecule has 0 fully saturated rings. The SMILES string of the molecule is Cc1cc(COc2cc(C)c(-c3cccc(CNc4ccc(CCC(=O)O)c(F)c4)c3)c(C)c2)no1. The minimum absolute atomic E-state index is 0.0935. The second-order valence-electron chi connectivity index (χ2n) is 8.90. The van der Waals surface area contributed by atoms with Gasteiger partial charge in [-0.15, -0.1) is 0 Å². The Hall–Kier alpha value is -4.13. The Morgan fingerprint density at radius 1 is 1.06 bits per heavy atom. The van der Waals surface area contributed by atoms with Gasteiger partial charge >= 0.3 is 5.97 Å². The summed E-state index contributed by atoms with van der Waals surface area (Å²) < 4.78 is 25.3. The van der Waals surface area contributed by atoms with Crippen molar-refractivity contribution in [2.75, 3.05) is 5.32 Å². The van der Waals surface area contributed by atoms with Crippen LogP contribution in [0.1, 0.15) is 40.1 Å². The molecule has 1 heterocycles. The number of anilines is 1. The first kappa shape index (κ1) is 25.0. The van der Waals surface area contributed by atoms with Gasteiger partial charge in [0.25, 0.3) is 0 Å². The molecule has 0 aliphatic rings. The van der Waals surface area contributed by atoms with E-state index in [0.29, 0.717) is 24.4 Å². The van der Waals surface area contributed by atoms with Crippen molar-refractivity contribution >= 4 is 11.7 Å². The van der Waals surface area contributed by atoms with Gasteiger partial charge in [0.1, 0.15) is 29.6 Å². The maximum atomic E-state index is 14.3. The number of halogens is 1. The highest BCUT2D eigenvalue weighted by Gasteiger charge is 2.11. The van der Waals surface area contributed by atoms with Gasteiger partial charge in [-0.2, -0.15) is 0 Å². The maximum absolute atomic E-state index is 14.3. The van der Waals surface area contributed by atoms with Gasteiger partial charge in [-0.1, -0.05) is 29.4 Å². The second kappa shape index (κ2) is 11.1. The molecular weight excluding hydrogens is 459 g/mol. The van der Waals surface area contributed by atoms with E-state index in [1.54, 1.807) is 12.1 Å². The van der Waals surface area contributed by atoms with E-state index >= 15 is 0 Å². The minimum atomic E-state index is -0.939. The molecule has 36 heavy (non-hydrogen) atoms. The fourth-order valence-corrected chi connectivity index (χ4v) is 4.25. The number of carbonyl (C=O) groups is 1. The third kappa shape index (κ3) is 6.30. The van der Waals surface area contributed by atoms with E-state index in [4.69, 9.17) is 14.4 Å². The topological polar surface area (TPSA) is 84.6 Å². The number of aryl methyl sites for hydroxylation is 4. The van der Waals surface area contributed by atoms with Crippen molar-refractivity contribution < 1.29 is 23.6 Å². The van der Waals surface area contributed by atoms with Gasteiger partial charge in [0.05, 0.1) is 0 Å². The molecule has 0 bridgehead atoms. The van der Waals surface area contributed by atoms with Crippen molar-refractivity contribution in [3.05, 3.63) is 100 Å². The van der Waals surface area contributed by atoms with Gasteiger partial charge in [-0.05, 0) is 90.9 Å². The molecule has 0 saturated heterocycles. The largest absolute Gasteiger partial charge is 0.487 e. The summed E-state index contributed by atoms with van der Waals surface area (Å²) >= 11 is 0. The highest BCUT2D eigenvalue weighted by Crippen LogP contribution is 2.32. The van der Waals surface area contributed by atoms with Gasteiger partial charge in [0.15, 0.2) is 0 Å². The van der Waals surface area contributed by atoms with Crippen LogP contribution in [-0.2, 0) is 24.4 Å². The molecule has 0 aliphatic heterocycles. The Bertz CT molecular complexity index is 1360. The summed E-state index contributed by atoms with van der Waals surface area (Å²) in [4.78, 5) is 10.7. The monoisotopic (exact) mass is 488 g/mol. The Morgan fingerprint density at radius 3 is 2.50 bits per heavy atom. The molecule has 0 atom stereocenters. The van der Waals surface area contributed by atoms with Crippen molar-refractivity contribution in [1.82, 2.24) is 5.16 Å². The van der Waals surface area contributed by atoms with Gasteiger partial charge < -0.3 is 19.7 Å². The van der Waals surface area contributed by atoms with E-state index in [1.165, 1.54) is 6.07 Å². The number of nitrogens with zero attached hydrogens (tertiary/aromatic N) is 1. The molecule has 1 aromatic heterocycles. The van der Waals surface area contributed by atoms with Crippen LogP contribution < -0.4 is 10.1 Å². The average molecular weight is 489 g/mol. The number of aliphatic carboxylic acids is 1. The second-order valence-corrected chi connectivity index (χ2v) is 8.90. The molecule has 2 N–H and O–H groups in total. The number of rotatable bonds is 10. The van der Waals surface area contributed by atoms with Crippen molar-refractivity contribution in [2.45, 2.75) is 46.8 Å². The van der Waals surface area contributed by atoms with E-state index < -0.39 is 11.8 Å². The van der Waals surface area contributed by atoms with Crippen molar-refractivity contribution in [2.24, 2.45) is 0 Å². The Labute approximate surface area is 209 Å². The first-order valence-corrected chi connectivity index (χ1v) is 11.8. The zero-order valence-electron chi connectivity index (χ0n) is 20.6. The number of nitrogens with one attached hydrogen (secondary N) is 1. The van der Waals surface area contributed by atoms with Gasteiger partial charge in [-0.25, -0.2) is 4.39 Å². The third-order valence-electron chi connectivity index (χ3n) is 5.94. The molecule has 0 spiro atoms. The quantitative estimate of drug-likeness (QED) is 0.261. The first-order chi connectivity index (χ1) is 17.3. The molecule has 4 aromatic rings. The summed E-state index contributed by atoms with van der Waals surface area (Å²) in [6.07, 6.45) is 0.0790. The predicted octanol–water partition coefficient (Wildman–Crippen LogP) is 6.61. The van der Waals surface area contributed by atoms with Crippen LogP contribution in [-0.4, -0.2) is 16.2 Å². The fraction of sp³-hybridized carbons (Fsp3) is 0.241. The lowest BCUT2D eigenvalue weighted by Gasteiger charge is -2.15. The zero-order chi connectivity index (χ0) is 25.7. The zero-order valence-corrected chi connectivity index (χ0v) is 20.6. The van der Waals surface area contributed by atoms with Crippen molar-refractivity contribution in [1.29, 1.82) is 0 Å². The molecule has 4 rings (SSSR count). The van der Waals surface area contributed by atoms with Gasteiger partial charge in [-0.3, -0.25) is 4.79 Å². The molecule has 186 valence electrons. The summed E-state index contributed by atoms with van der Waals surface area (Å²) in [6, 6.07) is 19.0. The molecule has 7 heteroatoms. The molecule has 0 unspecified atom stereocenters. The fourth-order valence-electron chi connectivity index (χ4n) is 4.25. The minimum Gasteiger partial charge on any atom is -0.487 e. The molecular formula is C29H29FN2O4. The smallest absolute Gasteiger partial charge is 0.303 e. The number of hydrogen-bond acceptors (Lipinski definition) is 5.